The molecule has 0 saturated heterocycles. The summed E-state index contributed by atoms with van der Waals surface area (Å²) < 4.78 is 1.68. The minimum atomic E-state index is -0.579. The number of carbonyl (C=O) groups is 2. The van der Waals surface area contributed by atoms with Gasteiger partial charge in [0.15, 0.2) is 5.78 Å². The van der Waals surface area contributed by atoms with Crippen LogP contribution < -0.4 is 5.73 Å². The van der Waals surface area contributed by atoms with Crippen molar-refractivity contribution in [3.8, 4) is 0 Å². The average Bonchev–Trinajstić information content (AvgIpc) is 2.85. The van der Waals surface area contributed by atoms with Crippen molar-refractivity contribution in [3.05, 3.63) is 69.5 Å². The summed E-state index contributed by atoms with van der Waals surface area (Å²) in [5, 5.41) is 10.6. The first-order chi connectivity index (χ1) is 10.4. The van der Waals surface area contributed by atoms with Gasteiger partial charge in [0.2, 0.25) is 5.91 Å². The third kappa shape index (κ3) is 3.26. The quantitative estimate of drug-likeness (QED) is 0.392. The molecule has 0 fully saturated rings. The minimum absolute atomic E-state index is 0.0744. The van der Waals surface area contributed by atoms with Gasteiger partial charge in [0.25, 0.3) is 5.69 Å². The van der Waals surface area contributed by atoms with Crippen LogP contribution in [0.1, 0.15) is 21.6 Å². The third-order valence-electron chi connectivity index (χ3n) is 3.06. The Labute approximate surface area is 125 Å². The Balaban J connectivity index is 2.28. The van der Waals surface area contributed by atoms with Gasteiger partial charge in [0.1, 0.15) is 0 Å². The van der Waals surface area contributed by atoms with Gasteiger partial charge in [-0.3, -0.25) is 19.7 Å². The Bertz CT molecular complexity index is 773. The highest BCUT2D eigenvalue weighted by molar-refractivity contribution is 6.09. The Kier molecular flexibility index (Phi) is 4.17. The van der Waals surface area contributed by atoms with Gasteiger partial charge >= 0.3 is 0 Å². The first-order valence-electron chi connectivity index (χ1n) is 6.31. The number of ketones is 1. The number of primary amides is 1. The molecule has 2 aromatic rings. The van der Waals surface area contributed by atoms with Crippen molar-refractivity contribution < 1.29 is 14.5 Å². The lowest BCUT2D eigenvalue weighted by Crippen LogP contribution is -2.05. The number of amides is 1. The molecule has 1 aromatic carbocycles. The Morgan fingerprint density at radius 2 is 1.86 bits per heavy atom. The standard InChI is InChI=1S/C15H13N3O4/c1-17-9-11(8-13(17)6-7-14(16)19)15(20)10-2-4-12(5-3-10)18(21)22/h2-9H,1H3,(H2,16,19)/b7-6+. The van der Waals surface area contributed by atoms with Gasteiger partial charge < -0.3 is 10.3 Å². The number of nitro benzene ring substituents is 1. The Morgan fingerprint density at radius 3 is 2.41 bits per heavy atom. The molecule has 7 heteroatoms. The summed E-state index contributed by atoms with van der Waals surface area (Å²) >= 11 is 0. The van der Waals surface area contributed by atoms with E-state index in [0.29, 0.717) is 16.8 Å². The zero-order valence-corrected chi connectivity index (χ0v) is 11.7. The van der Waals surface area contributed by atoms with Crippen LogP contribution in [0.3, 0.4) is 0 Å². The maximum Gasteiger partial charge on any atom is 0.269 e. The van der Waals surface area contributed by atoms with Crippen molar-refractivity contribution >= 4 is 23.5 Å². The lowest BCUT2D eigenvalue weighted by atomic mass is 10.1. The first kappa shape index (κ1) is 15.2. The third-order valence-corrected chi connectivity index (χ3v) is 3.06. The van der Waals surface area contributed by atoms with Gasteiger partial charge in [-0.05, 0) is 24.3 Å². The second kappa shape index (κ2) is 6.04. The van der Waals surface area contributed by atoms with E-state index in [9.17, 15) is 19.7 Å². The fourth-order valence-corrected chi connectivity index (χ4v) is 1.94. The molecule has 0 aliphatic heterocycles. The fourth-order valence-electron chi connectivity index (χ4n) is 1.94. The van der Waals surface area contributed by atoms with Crippen LogP contribution in [0.5, 0.6) is 0 Å². The van der Waals surface area contributed by atoms with Gasteiger partial charge in [-0.25, -0.2) is 0 Å². The number of nitrogens with zero attached hydrogens (tertiary/aromatic N) is 2. The summed E-state index contributed by atoms with van der Waals surface area (Å²) in [5.41, 5.74) is 6.36. The minimum Gasteiger partial charge on any atom is -0.366 e. The summed E-state index contributed by atoms with van der Waals surface area (Å²) in [6.45, 7) is 0. The highest BCUT2D eigenvalue weighted by Crippen LogP contribution is 2.17. The first-order valence-corrected chi connectivity index (χ1v) is 6.31. The molecule has 0 unspecified atom stereocenters. The molecule has 0 spiro atoms. The van der Waals surface area contributed by atoms with Crippen molar-refractivity contribution in [3.63, 3.8) is 0 Å². The average molecular weight is 299 g/mol. The van der Waals surface area contributed by atoms with Gasteiger partial charge in [-0.15, -0.1) is 0 Å². The van der Waals surface area contributed by atoms with Crippen molar-refractivity contribution in [2.75, 3.05) is 0 Å². The lowest BCUT2D eigenvalue weighted by Gasteiger charge is -1.97. The van der Waals surface area contributed by atoms with Crippen LogP contribution in [-0.4, -0.2) is 21.2 Å². The molecule has 0 aliphatic carbocycles. The number of carbonyl (C=O) groups excluding carboxylic acids is 2. The summed E-state index contributed by atoms with van der Waals surface area (Å²) in [6, 6.07) is 7.00. The van der Waals surface area contributed by atoms with Crippen molar-refractivity contribution in [1.29, 1.82) is 0 Å². The van der Waals surface area contributed by atoms with E-state index in [1.807, 2.05) is 0 Å². The van der Waals surface area contributed by atoms with Crippen LogP contribution in [0.15, 0.2) is 42.6 Å². The molecule has 0 saturated carbocycles. The van der Waals surface area contributed by atoms with Gasteiger partial charge in [0, 0.05) is 48.3 Å². The normalized spacial score (nSPS) is 10.8. The van der Waals surface area contributed by atoms with Crippen molar-refractivity contribution in [2.24, 2.45) is 12.8 Å². The SMILES string of the molecule is Cn1cc(C(=O)c2ccc([N+](=O)[O-])cc2)cc1/C=C/C(N)=O. The second-order valence-corrected chi connectivity index (χ2v) is 4.63. The lowest BCUT2D eigenvalue weighted by molar-refractivity contribution is -0.384. The molecular formula is C15H13N3O4. The zero-order valence-electron chi connectivity index (χ0n) is 11.7. The molecule has 2 N–H and O–H groups in total. The largest absolute Gasteiger partial charge is 0.366 e. The molecule has 7 nitrogen and oxygen atoms in total. The monoisotopic (exact) mass is 299 g/mol. The predicted octanol–water partition coefficient (Wildman–Crippen LogP) is 1.66. The van der Waals surface area contributed by atoms with Gasteiger partial charge in [-0.1, -0.05) is 0 Å². The molecule has 0 atom stereocenters. The number of benzene rings is 1. The Morgan fingerprint density at radius 1 is 1.23 bits per heavy atom. The van der Waals surface area contributed by atoms with Crippen LogP contribution >= 0.6 is 0 Å². The summed E-state index contributed by atoms with van der Waals surface area (Å²) in [5.74, 6) is -0.839. The zero-order chi connectivity index (χ0) is 16.3. The van der Waals surface area contributed by atoms with Gasteiger partial charge in [0.05, 0.1) is 4.92 Å². The highest BCUT2D eigenvalue weighted by atomic mass is 16.6. The van der Waals surface area contributed by atoms with E-state index in [4.69, 9.17) is 5.73 Å². The van der Waals surface area contributed by atoms with E-state index < -0.39 is 10.8 Å². The fraction of sp³-hybridized carbons (Fsp3) is 0.0667. The van der Waals surface area contributed by atoms with E-state index in [1.165, 1.54) is 36.4 Å². The smallest absolute Gasteiger partial charge is 0.269 e. The molecule has 1 amide bonds. The number of rotatable bonds is 5. The van der Waals surface area contributed by atoms with E-state index in [1.54, 1.807) is 23.9 Å². The molecule has 1 heterocycles. The summed E-state index contributed by atoms with van der Waals surface area (Å²) in [7, 11) is 1.73. The second-order valence-electron chi connectivity index (χ2n) is 4.63. The number of non-ortho nitro benzene ring substituents is 1. The van der Waals surface area contributed by atoms with Crippen LogP contribution in [0.4, 0.5) is 5.69 Å². The molecule has 1 aromatic heterocycles. The number of aryl methyl sites for hydroxylation is 1. The number of nitro groups is 1. The molecule has 2 rings (SSSR count). The van der Waals surface area contributed by atoms with Crippen LogP contribution in [-0.2, 0) is 11.8 Å². The van der Waals surface area contributed by atoms with Crippen molar-refractivity contribution in [2.45, 2.75) is 0 Å². The maximum atomic E-state index is 12.3. The van der Waals surface area contributed by atoms with Gasteiger partial charge in [-0.2, -0.15) is 0 Å². The Hall–Kier alpha value is -3.22. The molecule has 0 aliphatic rings. The van der Waals surface area contributed by atoms with E-state index in [-0.39, 0.29) is 11.5 Å². The predicted molar refractivity (Wildman–Crippen MR) is 80.2 cm³/mol. The topological polar surface area (TPSA) is 108 Å². The van der Waals surface area contributed by atoms with Crippen LogP contribution in [0, 0.1) is 10.1 Å². The highest BCUT2D eigenvalue weighted by Gasteiger charge is 2.14. The summed E-state index contributed by atoms with van der Waals surface area (Å²) in [6.07, 6.45) is 4.33. The number of nitrogens with two attached hydrogens (primary N) is 1. The van der Waals surface area contributed by atoms with Crippen molar-refractivity contribution in [1.82, 2.24) is 4.57 Å². The molecular weight excluding hydrogens is 286 g/mol. The molecule has 22 heavy (non-hydrogen) atoms. The van der Waals surface area contributed by atoms with E-state index in [0.717, 1.165) is 0 Å². The number of aromatic nitrogens is 1. The van der Waals surface area contributed by atoms with Crippen LogP contribution in [0.25, 0.3) is 6.08 Å². The number of hydrogen-bond donors (Lipinski definition) is 1. The molecule has 0 bridgehead atoms. The van der Waals surface area contributed by atoms with E-state index >= 15 is 0 Å². The van der Waals surface area contributed by atoms with E-state index in [2.05, 4.69) is 0 Å². The maximum absolute atomic E-state index is 12.3. The summed E-state index contributed by atoms with van der Waals surface area (Å²) in [4.78, 5) is 33.1. The van der Waals surface area contributed by atoms with Crippen LogP contribution in [0.2, 0.25) is 0 Å². The molecule has 112 valence electrons. The number of hydrogen-bond acceptors (Lipinski definition) is 4. The molecule has 0 radical (unpaired) electrons.